The number of carbonyl (C=O) groups excluding carboxylic acids is 3. The van der Waals surface area contributed by atoms with Crippen molar-refractivity contribution in [1.82, 2.24) is 0 Å². The third-order valence-electron chi connectivity index (χ3n) is 2.10. The van der Waals surface area contributed by atoms with Crippen molar-refractivity contribution in [2.24, 2.45) is 5.92 Å². The van der Waals surface area contributed by atoms with Gasteiger partial charge in [0.15, 0.2) is 0 Å². The fourth-order valence-corrected chi connectivity index (χ4v) is 1.15. The van der Waals surface area contributed by atoms with Crippen LogP contribution < -0.4 is 0 Å². The van der Waals surface area contributed by atoms with Crippen LogP contribution >= 0.6 is 0 Å². The summed E-state index contributed by atoms with van der Waals surface area (Å²) in [5, 5.41) is 0. The zero-order valence-electron chi connectivity index (χ0n) is 9.65. The molecular formula is C10H16O6. The Morgan fingerprint density at radius 3 is 1.94 bits per heavy atom. The Bertz CT molecular complexity index is 260. The molecule has 1 atom stereocenters. The third kappa shape index (κ3) is 5.33. The minimum atomic E-state index is -0.670. The summed E-state index contributed by atoms with van der Waals surface area (Å²) in [6.07, 6.45) is 0.169. The van der Waals surface area contributed by atoms with E-state index in [4.69, 9.17) is 0 Å². The SMILES string of the molecule is COC(=O)CCC(CC(=O)OC)C(=O)OC. The minimum absolute atomic E-state index is 0.0628. The molecule has 0 aromatic heterocycles. The van der Waals surface area contributed by atoms with Crippen LogP contribution in [0.15, 0.2) is 0 Å². The van der Waals surface area contributed by atoms with Gasteiger partial charge >= 0.3 is 17.9 Å². The fourth-order valence-electron chi connectivity index (χ4n) is 1.15. The van der Waals surface area contributed by atoms with Gasteiger partial charge in [0.2, 0.25) is 0 Å². The number of ether oxygens (including phenoxy) is 3. The van der Waals surface area contributed by atoms with Gasteiger partial charge in [0.25, 0.3) is 0 Å². The fraction of sp³-hybridized carbons (Fsp3) is 0.700. The maximum atomic E-state index is 11.3. The van der Waals surface area contributed by atoms with E-state index in [0.717, 1.165) is 0 Å². The van der Waals surface area contributed by atoms with E-state index in [-0.39, 0.29) is 19.3 Å². The molecule has 0 aliphatic heterocycles. The minimum Gasteiger partial charge on any atom is -0.469 e. The van der Waals surface area contributed by atoms with Crippen LogP contribution in [0.3, 0.4) is 0 Å². The summed E-state index contributed by atoms with van der Waals surface area (Å²) < 4.78 is 13.4. The zero-order chi connectivity index (χ0) is 12.6. The molecule has 0 aromatic rings. The first-order valence-electron chi connectivity index (χ1n) is 4.76. The third-order valence-corrected chi connectivity index (χ3v) is 2.10. The molecule has 0 rings (SSSR count). The second kappa shape index (κ2) is 7.67. The average molecular weight is 232 g/mol. The smallest absolute Gasteiger partial charge is 0.309 e. The first kappa shape index (κ1) is 14.4. The highest BCUT2D eigenvalue weighted by atomic mass is 16.5. The molecule has 0 bridgehead atoms. The molecule has 0 fully saturated rings. The standard InChI is InChI=1S/C10H16O6/c1-14-8(11)5-4-7(10(13)16-3)6-9(12)15-2/h7H,4-6H2,1-3H3. The number of carbonyl (C=O) groups is 3. The van der Waals surface area contributed by atoms with Crippen LogP contribution in [0.25, 0.3) is 0 Å². The van der Waals surface area contributed by atoms with Crippen molar-refractivity contribution in [3.63, 3.8) is 0 Å². The topological polar surface area (TPSA) is 78.9 Å². The Balaban J connectivity index is 4.26. The summed E-state index contributed by atoms with van der Waals surface area (Å²) in [7, 11) is 3.72. The molecule has 0 amide bonds. The summed E-state index contributed by atoms with van der Waals surface area (Å²) >= 11 is 0. The molecule has 6 heteroatoms. The molecule has 0 radical (unpaired) electrons. The predicted octanol–water partition coefficient (Wildman–Crippen LogP) is 0.292. The molecule has 16 heavy (non-hydrogen) atoms. The quantitative estimate of drug-likeness (QED) is 0.484. The molecule has 0 aliphatic rings. The number of methoxy groups -OCH3 is 3. The molecule has 0 spiro atoms. The highest BCUT2D eigenvalue weighted by molar-refractivity contribution is 5.80. The van der Waals surface area contributed by atoms with Crippen molar-refractivity contribution >= 4 is 17.9 Å². The van der Waals surface area contributed by atoms with E-state index in [2.05, 4.69) is 14.2 Å². The molecule has 6 nitrogen and oxygen atoms in total. The molecule has 1 unspecified atom stereocenters. The van der Waals surface area contributed by atoms with Gasteiger partial charge in [-0.25, -0.2) is 0 Å². The van der Waals surface area contributed by atoms with E-state index in [9.17, 15) is 14.4 Å². The summed E-state index contributed by atoms with van der Waals surface area (Å²) in [5.41, 5.74) is 0. The number of hydrogen-bond donors (Lipinski definition) is 0. The van der Waals surface area contributed by atoms with Crippen molar-refractivity contribution < 1.29 is 28.6 Å². The van der Waals surface area contributed by atoms with Gasteiger partial charge in [0, 0.05) is 6.42 Å². The normalized spacial score (nSPS) is 11.4. The lowest BCUT2D eigenvalue weighted by atomic mass is 10.00. The van der Waals surface area contributed by atoms with Gasteiger partial charge < -0.3 is 14.2 Å². The Hall–Kier alpha value is -1.59. The lowest BCUT2D eigenvalue weighted by Crippen LogP contribution is -2.21. The molecule has 92 valence electrons. The van der Waals surface area contributed by atoms with Gasteiger partial charge in [-0.15, -0.1) is 0 Å². The zero-order valence-corrected chi connectivity index (χ0v) is 9.65. The van der Waals surface area contributed by atoms with E-state index < -0.39 is 23.8 Å². The molecule has 0 aromatic carbocycles. The number of hydrogen-bond acceptors (Lipinski definition) is 6. The highest BCUT2D eigenvalue weighted by Crippen LogP contribution is 2.14. The van der Waals surface area contributed by atoms with Crippen LogP contribution in [-0.4, -0.2) is 39.2 Å². The van der Waals surface area contributed by atoms with E-state index in [1.54, 1.807) is 0 Å². The van der Waals surface area contributed by atoms with E-state index in [1.165, 1.54) is 21.3 Å². The molecule has 0 saturated heterocycles. The first-order chi connectivity index (χ1) is 7.54. The second-order valence-electron chi connectivity index (χ2n) is 3.12. The van der Waals surface area contributed by atoms with Crippen LogP contribution in [0.5, 0.6) is 0 Å². The number of rotatable bonds is 6. The average Bonchev–Trinajstić information content (AvgIpc) is 2.32. The lowest BCUT2D eigenvalue weighted by molar-refractivity contribution is -0.153. The van der Waals surface area contributed by atoms with Gasteiger partial charge in [0.05, 0.1) is 33.7 Å². The Kier molecular flexibility index (Phi) is 6.91. The predicted molar refractivity (Wildman–Crippen MR) is 53.4 cm³/mol. The van der Waals surface area contributed by atoms with Gasteiger partial charge in [-0.2, -0.15) is 0 Å². The van der Waals surface area contributed by atoms with Crippen LogP contribution in [0.1, 0.15) is 19.3 Å². The Morgan fingerprint density at radius 2 is 1.50 bits per heavy atom. The lowest BCUT2D eigenvalue weighted by Gasteiger charge is -2.12. The Morgan fingerprint density at radius 1 is 0.938 bits per heavy atom. The molecule has 0 heterocycles. The van der Waals surface area contributed by atoms with Crippen LogP contribution in [-0.2, 0) is 28.6 Å². The molecule has 0 saturated carbocycles. The summed E-state index contributed by atoms with van der Waals surface area (Å²) in [5.74, 6) is -2.15. The summed E-state index contributed by atoms with van der Waals surface area (Å²) in [4.78, 5) is 33.2. The second-order valence-corrected chi connectivity index (χ2v) is 3.12. The van der Waals surface area contributed by atoms with Crippen molar-refractivity contribution in [1.29, 1.82) is 0 Å². The van der Waals surface area contributed by atoms with Crippen LogP contribution in [0, 0.1) is 5.92 Å². The van der Waals surface area contributed by atoms with Gasteiger partial charge in [-0.05, 0) is 6.42 Å². The summed E-state index contributed by atoms with van der Waals surface area (Å²) in [6.45, 7) is 0. The molecule has 0 aliphatic carbocycles. The van der Waals surface area contributed by atoms with Crippen LogP contribution in [0.2, 0.25) is 0 Å². The molecule has 0 N–H and O–H groups in total. The van der Waals surface area contributed by atoms with Gasteiger partial charge in [-0.3, -0.25) is 14.4 Å². The maximum absolute atomic E-state index is 11.3. The monoisotopic (exact) mass is 232 g/mol. The van der Waals surface area contributed by atoms with Crippen molar-refractivity contribution in [2.75, 3.05) is 21.3 Å². The van der Waals surface area contributed by atoms with E-state index in [1.807, 2.05) is 0 Å². The highest BCUT2D eigenvalue weighted by Gasteiger charge is 2.24. The number of esters is 3. The summed E-state index contributed by atoms with van der Waals surface area (Å²) in [6, 6.07) is 0. The molecular weight excluding hydrogens is 216 g/mol. The maximum Gasteiger partial charge on any atom is 0.309 e. The first-order valence-corrected chi connectivity index (χ1v) is 4.76. The van der Waals surface area contributed by atoms with Crippen molar-refractivity contribution in [3.8, 4) is 0 Å². The van der Waals surface area contributed by atoms with E-state index >= 15 is 0 Å². The van der Waals surface area contributed by atoms with Crippen LogP contribution in [0.4, 0.5) is 0 Å². The van der Waals surface area contributed by atoms with Crippen molar-refractivity contribution in [2.45, 2.75) is 19.3 Å². The van der Waals surface area contributed by atoms with Gasteiger partial charge in [0.1, 0.15) is 0 Å². The largest absolute Gasteiger partial charge is 0.469 e. The van der Waals surface area contributed by atoms with Gasteiger partial charge in [-0.1, -0.05) is 0 Å². The van der Waals surface area contributed by atoms with E-state index in [0.29, 0.717) is 0 Å². The van der Waals surface area contributed by atoms with Crippen molar-refractivity contribution in [3.05, 3.63) is 0 Å². The Labute approximate surface area is 93.8 Å².